The fourth-order valence-corrected chi connectivity index (χ4v) is 4.67. The van der Waals surface area contributed by atoms with Gasteiger partial charge >= 0.3 is 5.97 Å². The van der Waals surface area contributed by atoms with Crippen LogP contribution in [0.2, 0.25) is 0 Å². The van der Waals surface area contributed by atoms with Crippen LogP contribution in [0.25, 0.3) is 16.8 Å². The Bertz CT molecular complexity index is 1320. The van der Waals surface area contributed by atoms with E-state index in [0.29, 0.717) is 23.1 Å². The van der Waals surface area contributed by atoms with Gasteiger partial charge in [0, 0.05) is 30.5 Å². The summed E-state index contributed by atoms with van der Waals surface area (Å²) in [5.41, 5.74) is 0.575. The van der Waals surface area contributed by atoms with Crippen LogP contribution in [0, 0.1) is 0 Å². The second kappa shape index (κ2) is 8.76. The van der Waals surface area contributed by atoms with Crippen LogP contribution >= 0.6 is 23.1 Å². The summed E-state index contributed by atoms with van der Waals surface area (Å²) in [6.07, 6.45) is 7.38. The Morgan fingerprint density at radius 3 is 2.50 bits per heavy atom. The third-order valence-electron chi connectivity index (χ3n) is 4.29. The lowest BCUT2D eigenvalue weighted by atomic mass is 10.3. The molecule has 0 aromatic carbocycles. The molecule has 0 spiro atoms. The molecule has 5 aromatic heterocycles. The highest BCUT2D eigenvalue weighted by molar-refractivity contribution is 8.00. The van der Waals surface area contributed by atoms with Crippen LogP contribution in [-0.4, -0.2) is 57.2 Å². The first-order chi connectivity index (χ1) is 15.7. The van der Waals surface area contributed by atoms with E-state index in [1.807, 2.05) is 41.2 Å². The fourth-order valence-electron chi connectivity index (χ4n) is 2.87. The molecule has 14 heteroatoms. The molecule has 0 unspecified atom stereocenters. The number of carbonyl (C=O) groups excluding carboxylic acids is 1. The molecule has 32 heavy (non-hydrogen) atoms. The molecule has 0 fully saturated rings. The number of nitrogens with zero attached hydrogens (tertiary/aromatic N) is 9. The van der Waals surface area contributed by atoms with Gasteiger partial charge in [-0.3, -0.25) is 4.57 Å². The van der Waals surface area contributed by atoms with E-state index in [9.17, 15) is 4.79 Å². The maximum absolute atomic E-state index is 12.5. The number of aromatic nitrogens is 9. The summed E-state index contributed by atoms with van der Waals surface area (Å²) >= 11 is 2.83. The number of thioether (sulfide) groups is 1. The summed E-state index contributed by atoms with van der Waals surface area (Å²) in [7, 11) is 0. The van der Waals surface area contributed by atoms with Gasteiger partial charge in [-0.2, -0.15) is 4.68 Å². The fraction of sp³-hybridized carbons (Fsp3) is 0.167. The van der Waals surface area contributed by atoms with Crippen molar-refractivity contribution in [2.24, 2.45) is 0 Å². The van der Waals surface area contributed by atoms with Crippen LogP contribution in [0.4, 0.5) is 0 Å². The van der Waals surface area contributed by atoms with Crippen LogP contribution in [-0.2, 0) is 10.5 Å². The lowest BCUT2D eigenvalue weighted by Crippen LogP contribution is -2.11. The van der Waals surface area contributed by atoms with Crippen molar-refractivity contribution in [2.75, 3.05) is 6.61 Å². The third kappa shape index (κ3) is 3.80. The van der Waals surface area contributed by atoms with E-state index in [0.717, 1.165) is 9.47 Å². The maximum Gasteiger partial charge on any atom is 0.360 e. The third-order valence-corrected chi connectivity index (χ3v) is 6.37. The molecule has 0 atom stereocenters. The molecule has 5 rings (SSSR count). The first-order valence-electron chi connectivity index (χ1n) is 9.42. The zero-order valence-electron chi connectivity index (χ0n) is 16.6. The van der Waals surface area contributed by atoms with Gasteiger partial charge in [0.2, 0.25) is 16.8 Å². The van der Waals surface area contributed by atoms with Gasteiger partial charge in [-0.25, -0.2) is 9.42 Å². The standard InChI is InChI=1S/C18H15N9O3S2/c1-2-29-16(28)13-12(11-31-18-21-20-17(32-18)26-9-5-6-10-26)27(24-19-13)15-14(22-30-23-15)25-7-3-4-8-25/h3-10H,2,11H2,1H3. The summed E-state index contributed by atoms with van der Waals surface area (Å²) in [5, 5.41) is 25.3. The molecular weight excluding hydrogens is 454 g/mol. The number of carbonyl (C=O) groups is 1. The van der Waals surface area contributed by atoms with Crippen molar-refractivity contribution in [3.8, 4) is 16.8 Å². The highest BCUT2D eigenvalue weighted by atomic mass is 32.2. The van der Waals surface area contributed by atoms with Crippen LogP contribution < -0.4 is 0 Å². The van der Waals surface area contributed by atoms with E-state index in [4.69, 9.17) is 9.37 Å². The number of hydrogen-bond donors (Lipinski definition) is 0. The van der Waals surface area contributed by atoms with E-state index in [1.165, 1.54) is 27.8 Å². The Kier molecular flexibility index (Phi) is 5.51. The van der Waals surface area contributed by atoms with Crippen molar-refractivity contribution in [3.63, 3.8) is 0 Å². The molecule has 0 saturated carbocycles. The molecule has 162 valence electrons. The van der Waals surface area contributed by atoms with Crippen LogP contribution in [0.1, 0.15) is 23.1 Å². The smallest absolute Gasteiger partial charge is 0.360 e. The summed E-state index contributed by atoms with van der Waals surface area (Å²) in [6.45, 7) is 1.95. The summed E-state index contributed by atoms with van der Waals surface area (Å²) in [5.74, 6) is 0.454. The Labute approximate surface area is 188 Å². The summed E-state index contributed by atoms with van der Waals surface area (Å²) in [4.78, 5) is 12.5. The Balaban J connectivity index is 1.47. The largest absolute Gasteiger partial charge is 0.461 e. The Hall–Kier alpha value is -3.78. The minimum atomic E-state index is -0.571. The van der Waals surface area contributed by atoms with Crippen LogP contribution in [0.5, 0.6) is 0 Å². The predicted octanol–water partition coefficient (Wildman–Crippen LogP) is 2.55. The quantitative estimate of drug-likeness (QED) is 0.247. The lowest BCUT2D eigenvalue weighted by molar-refractivity contribution is 0.0518. The van der Waals surface area contributed by atoms with Gasteiger partial charge in [0.25, 0.3) is 0 Å². The van der Waals surface area contributed by atoms with Crippen molar-refractivity contribution in [2.45, 2.75) is 17.0 Å². The Morgan fingerprint density at radius 1 is 1.03 bits per heavy atom. The molecular formula is C18H15N9O3S2. The second-order valence-corrected chi connectivity index (χ2v) is 8.43. The summed E-state index contributed by atoms with van der Waals surface area (Å²) in [6, 6.07) is 7.52. The van der Waals surface area contributed by atoms with Crippen LogP contribution in [0.3, 0.4) is 0 Å². The van der Waals surface area contributed by atoms with Gasteiger partial charge in [-0.1, -0.05) is 28.3 Å². The number of esters is 1. The zero-order valence-corrected chi connectivity index (χ0v) is 18.2. The number of ether oxygens (including phenoxy) is 1. The molecule has 5 heterocycles. The molecule has 5 aromatic rings. The topological polar surface area (TPSA) is 132 Å². The molecule has 12 nitrogen and oxygen atoms in total. The number of rotatable bonds is 8. The van der Waals surface area contributed by atoms with E-state index in [2.05, 4.69) is 30.8 Å². The monoisotopic (exact) mass is 469 g/mol. The lowest BCUT2D eigenvalue weighted by Gasteiger charge is -2.05. The highest BCUT2D eigenvalue weighted by Gasteiger charge is 2.26. The van der Waals surface area contributed by atoms with Crippen LogP contribution in [0.15, 0.2) is 58.0 Å². The minimum absolute atomic E-state index is 0.0935. The molecule has 0 saturated heterocycles. The molecule has 0 aliphatic carbocycles. The minimum Gasteiger partial charge on any atom is -0.461 e. The van der Waals surface area contributed by atoms with Crippen molar-refractivity contribution in [1.29, 1.82) is 0 Å². The predicted molar refractivity (Wildman–Crippen MR) is 113 cm³/mol. The van der Waals surface area contributed by atoms with Gasteiger partial charge in [-0.05, 0) is 41.5 Å². The normalized spacial score (nSPS) is 11.2. The van der Waals surface area contributed by atoms with Crippen molar-refractivity contribution >= 4 is 29.1 Å². The first-order valence-corrected chi connectivity index (χ1v) is 11.2. The molecule has 0 aliphatic rings. The van der Waals surface area contributed by atoms with Gasteiger partial charge in [0.15, 0.2) is 10.0 Å². The number of hydrogen-bond acceptors (Lipinski definition) is 11. The first kappa shape index (κ1) is 20.1. The maximum atomic E-state index is 12.5. The molecule has 0 aliphatic heterocycles. The highest BCUT2D eigenvalue weighted by Crippen LogP contribution is 2.30. The van der Waals surface area contributed by atoms with E-state index < -0.39 is 5.97 Å². The molecule has 0 amide bonds. The van der Waals surface area contributed by atoms with Gasteiger partial charge in [0.05, 0.1) is 12.3 Å². The van der Waals surface area contributed by atoms with Crippen molar-refractivity contribution in [1.82, 2.24) is 44.6 Å². The van der Waals surface area contributed by atoms with E-state index in [-0.39, 0.29) is 12.3 Å². The van der Waals surface area contributed by atoms with E-state index >= 15 is 0 Å². The average molecular weight is 470 g/mol. The molecule has 0 N–H and O–H groups in total. The summed E-state index contributed by atoms with van der Waals surface area (Å²) < 4.78 is 15.9. The molecule has 0 radical (unpaired) electrons. The molecule has 0 bridgehead atoms. The zero-order chi connectivity index (χ0) is 21.9. The van der Waals surface area contributed by atoms with E-state index in [1.54, 1.807) is 23.9 Å². The Morgan fingerprint density at radius 2 is 1.75 bits per heavy atom. The van der Waals surface area contributed by atoms with Gasteiger partial charge in [-0.15, -0.1) is 15.3 Å². The average Bonchev–Trinajstić information content (AvgIpc) is 3.61. The van der Waals surface area contributed by atoms with Gasteiger partial charge in [0.1, 0.15) is 0 Å². The van der Waals surface area contributed by atoms with Crippen molar-refractivity contribution in [3.05, 3.63) is 60.4 Å². The second-order valence-electron chi connectivity index (χ2n) is 6.25. The van der Waals surface area contributed by atoms with Crippen molar-refractivity contribution < 1.29 is 14.2 Å². The SMILES string of the molecule is CCOC(=O)c1nnn(-c2nonc2-n2cccc2)c1CSc1nnc(-n2cccc2)s1. The van der Waals surface area contributed by atoms with Gasteiger partial charge < -0.3 is 9.30 Å².